The number of hydrogen-bond acceptors (Lipinski definition) is 3. The minimum atomic E-state index is -0.345. The Balaban J connectivity index is 2.65. The van der Waals surface area contributed by atoms with E-state index < -0.39 is 0 Å². The maximum atomic E-state index is 11.7. The van der Waals surface area contributed by atoms with Crippen molar-refractivity contribution in [1.82, 2.24) is 15.5 Å². The summed E-state index contributed by atoms with van der Waals surface area (Å²) < 4.78 is 0. The normalized spacial score (nSPS) is 21.2. The van der Waals surface area contributed by atoms with Gasteiger partial charge in [-0.2, -0.15) is 0 Å². The first-order chi connectivity index (χ1) is 7.20. The molecule has 5 heteroatoms. The molecule has 2 N–H and O–H groups in total. The fourth-order valence-corrected chi connectivity index (χ4v) is 1.76. The zero-order valence-corrected chi connectivity index (χ0v) is 9.38. The predicted molar refractivity (Wildman–Crippen MR) is 57.3 cm³/mol. The zero-order chi connectivity index (χ0) is 11.3. The molecule has 0 radical (unpaired) electrons. The Morgan fingerprint density at radius 3 is 2.87 bits per heavy atom. The highest BCUT2D eigenvalue weighted by atomic mass is 16.2. The van der Waals surface area contributed by atoms with E-state index in [1.807, 2.05) is 6.92 Å². The van der Waals surface area contributed by atoms with Crippen LogP contribution in [0.25, 0.3) is 0 Å². The number of hydrogen-bond donors (Lipinski definition) is 2. The fraction of sp³-hybridized carbons (Fsp3) is 0.800. The van der Waals surface area contributed by atoms with Crippen LogP contribution >= 0.6 is 0 Å². The van der Waals surface area contributed by atoms with Gasteiger partial charge in [0.25, 0.3) is 0 Å². The second kappa shape index (κ2) is 5.70. The topological polar surface area (TPSA) is 61.4 Å². The molecular formula is C10H19N3O2. The minimum Gasteiger partial charge on any atom is -0.357 e. The van der Waals surface area contributed by atoms with Crippen molar-refractivity contribution >= 4 is 11.8 Å². The molecule has 86 valence electrons. The van der Waals surface area contributed by atoms with E-state index in [0.717, 1.165) is 13.0 Å². The Labute approximate surface area is 90.2 Å². The smallest absolute Gasteiger partial charge is 0.243 e. The van der Waals surface area contributed by atoms with E-state index >= 15 is 0 Å². The Kier molecular flexibility index (Phi) is 4.55. The molecule has 0 aromatic heterocycles. The van der Waals surface area contributed by atoms with E-state index in [9.17, 15) is 9.59 Å². The van der Waals surface area contributed by atoms with Crippen molar-refractivity contribution < 1.29 is 9.59 Å². The average molecular weight is 213 g/mol. The summed E-state index contributed by atoms with van der Waals surface area (Å²) in [6.07, 6.45) is 1.34. The van der Waals surface area contributed by atoms with Crippen molar-refractivity contribution in [2.24, 2.45) is 0 Å². The lowest BCUT2D eigenvalue weighted by atomic mass is 10.1. The quantitative estimate of drug-likeness (QED) is 0.654. The molecule has 1 saturated heterocycles. The molecule has 1 fully saturated rings. The molecule has 1 unspecified atom stereocenters. The summed E-state index contributed by atoms with van der Waals surface area (Å²) >= 11 is 0. The minimum absolute atomic E-state index is 0.0765. The summed E-state index contributed by atoms with van der Waals surface area (Å²) in [5.74, 6) is -0.0146. The Morgan fingerprint density at radius 2 is 2.27 bits per heavy atom. The molecule has 5 nitrogen and oxygen atoms in total. The molecule has 1 heterocycles. The van der Waals surface area contributed by atoms with Crippen LogP contribution in [0.1, 0.15) is 19.8 Å². The maximum Gasteiger partial charge on any atom is 0.243 e. The van der Waals surface area contributed by atoms with Crippen LogP contribution in [-0.4, -0.2) is 49.4 Å². The lowest BCUT2D eigenvalue weighted by Gasteiger charge is -2.34. The largest absolute Gasteiger partial charge is 0.357 e. The van der Waals surface area contributed by atoms with Crippen LogP contribution in [0, 0.1) is 0 Å². The van der Waals surface area contributed by atoms with Gasteiger partial charge in [-0.1, -0.05) is 6.92 Å². The molecule has 1 aliphatic rings. The predicted octanol–water partition coefficient (Wildman–Crippen LogP) is -0.667. The first kappa shape index (κ1) is 12.0. The lowest BCUT2D eigenvalue weighted by Crippen LogP contribution is -2.59. The monoisotopic (exact) mass is 213 g/mol. The molecule has 1 atom stereocenters. The van der Waals surface area contributed by atoms with Gasteiger partial charge in [0.15, 0.2) is 0 Å². The Morgan fingerprint density at radius 1 is 1.53 bits per heavy atom. The van der Waals surface area contributed by atoms with Crippen molar-refractivity contribution in [1.29, 1.82) is 0 Å². The number of carbonyl (C=O) groups excluding carboxylic acids is 2. The number of piperazine rings is 1. The van der Waals surface area contributed by atoms with Gasteiger partial charge in [0.1, 0.15) is 6.04 Å². The molecule has 1 aliphatic heterocycles. The molecule has 0 bridgehead atoms. The number of nitrogens with zero attached hydrogens (tertiary/aromatic N) is 1. The molecule has 0 spiro atoms. The van der Waals surface area contributed by atoms with Crippen LogP contribution in [0.2, 0.25) is 0 Å². The van der Waals surface area contributed by atoms with Crippen LogP contribution in [0.5, 0.6) is 0 Å². The second-order valence-corrected chi connectivity index (χ2v) is 3.67. The molecule has 15 heavy (non-hydrogen) atoms. The number of nitrogens with one attached hydrogen (secondary N) is 2. The third-order valence-corrected chi connectivity index (χ3v) is 2.58. The highest BCUT2D eigenvalue weighted by Gasteiger charge is 2.30. The first-order valence-electron chi connectivity index (χ1n) is 5.42. The summed E-state index contributed by atoms with van der Waals surface area (Å²) in [7, 11) is 1.60. The third kappa shape index (κ3) is 2.92. The number of rotatable bonds is 3. The van der Waals surface area contributed by atoms with Gasteiger partial charge in [0.05, 0.1) is 0 Å². The van der Waals surface area contributed by atoms with Crippen molar-refractivity contribution in [3.63, 3.8) is 0 Å². The molecule has 2 amide bonds. The van der Waals surface area contributed by atoms with Crippen LogP contribution in [-0.2, 0) is 9.59 Å². The third-order valence-electron chi connectivity index (χ3n) is 2.58. The van der Waals surface area contributed by atoms with E-state index in [-0.39, 0.29) is 17.9 Å². The van der Waals surface area contributed by atoms with Crippen molar-refractivity contribution in [3.8, 4) is 0 Å². The standard InChI is InChI=1S/C10H19N3O2/c1-3-4-9(14)13-6-5-12-7-8(13)10(15)11-2/h8,12H,3-7H2,1-2H3,(H,11,15). The van der Waals surface area contributed by atoms with Crippen LogP contribution in [0.15, 0.2) is 0 Å². The number of amides is 2. The summed E-state index contributed by atoms with van der Waals surface area (Å²) in [4.78, 5) is 25.0. The number of likely N-dealkylation sites (N-methyl/N-ethyl adjacent to an activating group) is 1. The molecule has 1 rings (SSSR count). The van der Waals surface area contributed by atoms with Gasteiger partial charge in [-0.05, 0) is 6.42 Å². The summed E-state index contributed by atoms with van der Waals surface area (Å²) in [6, 6.07) is -0.345. The fourth-order valence-electron chi connectivity index (χ4n) is 1.76. The van der Waals surface area contributed by atoms with Gasteiger partial charge in [-0.15, -0.1) is 0 Å². The van der Waals surface area contributed by atoms with Gasteiger partial charge < -0.3 is 15.5 Å². The van der Waals surface area contributed by atoms with E-state index in [1.54, 1.807) is 11.9 Å². The van der Waals surface area contributed by atoms with Gasteiger partial charge in [0, 0.05) is 33.1 Å². The summed E-state index contributed by atoms with van der Waals surface area (Å²) in [5.41, 5.74) is 0. The van der Waals surface area contributed by atoms with Crippen LogP contribution in [0.4, 0.5) is 0 Å². The van der Waals surface area contributed by atoms with Crippen LogP contribution in [0.3, 0.4) is 0 Å². The van der Waals surface area contributed by atoms with Crippen molar-refractivity contribution in [3.05, 3.63) is 0 Å². The van der Waals surface area contributed by atoms with Gasteiger partial charge in [-0.25, -0.2) is 0 Å². The first-order valence-corrected chi connectivity index (χ1v) is 5.42. The van der Waals surface area contributed by atoms with Gasteiger partial charge in [-0.3, -0.25) is 9.59 Å². The van der Waals surface area contributed by atoms with E-state index in [1.165, 1.54) is 0 Å². The van der Waals surface area contributed by atoms with E-state index in [4.69, 9.17) is 0 Å². The van der Waals surface area contributed by atoms with Crippen LogP contribution < -0.4 is 10.6 Å². The average Bonchev–Trinajstić information content (AvgIpc) is 2.28. The van der Waals surface area contributed by atoms with Crippen molar-refractivity contribution in [2.45, 2.75) is 25.8 Å². The molecular weight excluding hydrogens is 194 g/mol. The summed E-state index contributed by atoms with van der Waals surface area (Å²) in [6.45, 7) is 3.91. The van der Waals surface area contributed by atoms with Gasteiger partial charge >= 0.3 is 0 Å². The Hall–Kier alpha value is -1.10. The number of carbonyl (C=O) groups is 2. The highest BCUT2D eigenvalue weighted by molar-refractivity contribution is 5.87. The maximum absolute atomic E-state index is 11.7. The Bertz CT molecular complexity index is 243. The molecule has 0 aliphatic carbocycles. The van der Waals surface area contributed by atoms with E-state index in [2.05, 4.69) is 10.6 Å². The van der Waals surface area contributed by atoms with Crippen molar-refractivity contribution in [2.75, 3.05) is 26.7 Å². The molecule has 0 aromatic carbocycles. The van der Waals surface area contributed by atoms with E-state index in [0.29, 0.717) is 19.5 Å². The zero-order valence-electron chi connectivity index (χ0n) is 9.38. The molecule has 0 aromatic rings. The summed E-state index contributed by atoms with van der Waals surface area (Å²) in [5, 5.41) is 5.71. The molecule has 0 saturated carbocycles. The second-order valence-electron chi connectivity index (χ2n) is 3.67. The lowest BCUT2D eigenvalue weighted by molar-refractivity contribution is -0.141. The van der Waals surface area contributed by atoms with Gasteiger partial charge in [0.2, 0.25) is 11.8 Å². The SMILES string of the molecule is CCCC(=O)N1CCNCC1C(=O)NC. The highest BCUT2D eigenvalue weighted by Crippen LogP contribution is 2.07.